The molecule has 0 radical (unpaired) electrons. The highest BCUT2D eigenvalue weighted by molar-refractivity contribution is 9.10. The first-order chi connectivity index (χ1) is 9.10. The van der Waals surface area contributed by atoms with Crippen LogP contribution in [0.25, 0.3) is 0 Å². The Labute approximate surface area is 118 Å². The fourth-order valence-corrected chi connectivity index (χ4v) is 2.30. The molecule has 0 atom stereocenters. The van der Waals surface area contributed by atoms with Crippen LogP contribution in [0.1, 0.15) is 18.9 Å². The number of rotatable bonds is 5. The maximum Gasteiger partial charge on any atom is 0.150 e. The van der Waals surface area contributed by atoms with E-state index in [1.165, 1.54) is 6.07 Å². The van der Waals surface area contributed by atoms with Crippen molar-refractivity contribution in [3.63, 3.8) is 0 Å². The molecule has 1 N–H and O–H groups in total. The van der Waals surface area contributed by atoms with E-state index in [1.807, 2.05) is 10.9 Å². The zero-order valence-electron chi connectivity index (χ0n) is 10.5. The minimum atomic E-state index is -0.618. The molecule has 3 nitrogen and oxygen atoms in total. The standard InChI is InChI=1S/C13H14BrF2N3/c1-2-3-19-8-9(7-18-19)6-17-13-11(14)4-10(15)5-12(13)16/h4-5,7-8,17H,2-3,6H2,1H3. The molecule has 1 heterocycles. The lowest BCUT2D eigenvalue weighted by molar-refractivity contribution is 0.583. The van der Waals surface area contributed by atoms with Gasteiger partial charge in [0.25, 0.3) is 0 Å². The highest BCUT2D eigenvalue weighted by Gasteiger charge is 2.09. The number of hydrogen-bond donors (Lipinski definition) is 1. The Morgan fingerprint density at radius 1 is 1.37 bits per heavy atom. The van der Waals surface area contributed by atoms with Gasteiger partial charge >= 0.3 is 0 Å². The molecule has 0 saturated heterocycles. The molecule has 0 fully saturated rings. The third kappa shape index (κ3) is 3.53. The van der Waals surface area contributed by atoms with Gasteiger partial charge in [-0.3, -0.25) is 4.68 Å². The second kappa shape index (κ2) is 6.14. The number of nitrogens with zero attached hydrogens (tertiary/aromatic N) is 2. The predicted molar refractivity (Wildman–Crippen MR) is 73.9 cm³/mol. The number of halogens is 3. The zero-order valence-corrected chi connectivity index (χ0v) is 12.0. The Hall–Kier alpha value is -1.43. The maximum absolute atomic E-state index is 13.6. The Morgan fingerprint density at radius 3 is 2.84 bits per heavy atom. The Kier molecular flexibility index (Phi) is 4.52. The van der Waals surface area contributed by atoms with Crippen LogP contribution in [0.3, 0.4) is 0 Å². The predicted octanol–water partition coefficient (Wildman–Crippen LogP) is 3.95. The van der Waals surface area contributed by atoms with Crippen LogP contribution in [-0.2, 0) is 13.1 Å². The number of anilines is 1. The first-order valence-corrected chi connectivity index (χ1v) is 6.79. The largest absolute Gasteiger partial charge is 0.378 e. The van der Waals surface area contributed by atoms with Crippen LogP contribution in [-0.4, -0.2) is 9.78 Å². The van der Waals surface area contributed by atoms with Crippen molar-refractivity contribution in [2.75, 3.05) is 5.32 Å². The van der Waals surface area contributed by atoms with E-state index < -0.39 is 11.6 Å². The Bertz CT molecular complexity index is 546. The maximum atomic E-state index is 13.6. The summed E-state index contributed by atoms with van der Waals surface area (Å²) in [6, 6.07) is 2.08. The minimum absolute atomic E-state index is 0.254. The molecule has 0 aliphatic heterocycles. The van der Waals surface area contributed by atoms with Crippen LogP contribution < -0.4 is 5.32 Å². The van der Waals surface area contributed by atoms with Gasteiger partial charge in [0.15, 0.2) is 0 Å². The summed E-state index contributed by atoms with van der Waals surface area (Å²) in [6.07, 6.45) is 4.65. The molecule has 0 spiro atoms. The zero-order chi connectivity index (χ0) is 13.8. The van der Waals surface area contributed by atoms with Crippen molar-refractivity contribution in [1.29, 1.82) is 0 Å². The first-order valence-electron chi connectivity index (χ1n) is 6.00. The number of hydrogen-bond acceptors (Lipinski definition) is 2. The lowest BCUT2D eigenvalue weighted by Crippen LogP contribution is -2.02. The van der Waals surface area contributed by atoms with E-state index in [9.17, 15) is 8.78 Å². The van der Waals surface area contributed by atoms with E-state index in [-0.39, 0.29) is 5.69 Å². The van der Waals surface area contributed by atoms with E-state index >= 15 is 0 Å². The molecule has 19 heavy (non-hydrogen) atoms. The average Bonchev–Trinajstić information content (AvgIpc) is 2.76. The van der Waals surface area contributed by atoms with Gasteiger partial charge in [-0.25, -0.2) is 8.78 Å². The van der Waals surface area contributed by atoms with E-state index in [2.05, 4.69) is 33.3 Å². The van der Waals surface area contributed by atoms with Gasteiger partial charge in [0.1, 0.15) is 11.6 Å². The molecule has 2 rings (SSSR count). The molecule has 1 aromatic carbocycles. The molecular weight excluding hydrogens is 316 g/mol. The summed E-state index contributed by atoms with van der Waals surface area (Å²) in [4.78, 5) is 0. The summed E-state index contributed by atoms with van der Waals surface area (Å²) >= 11 is 3.14. The monoisotopic (exact) mass is 329 g/mol. The molecule has 102 valence electrons. The summed E-state index contributed by atoms with van der Waals surface area (Å²) in [6.45, 7) is 3.37. The van der Waals surface area contributed by atoms with Crippen molar-refractivity contribution in [2.24, 2.45) is 0 Å². The van der Waals surface area contributed by atoms with Crippen molar-refractivity contribution < 1.29 is 8.78 Å². The van der Waals surface area contributed by atoms with Crippen molar-refractivity contribution in [3.8, 4) is 0 Å². The number of benzene rings is 1. The lowest BCUT2D eigenvalue weighted by atomic mass is 10.2. The van der Waals surface area contributed by atoms with Crippen molar-refractivity contribution in [1.82, 2.24) is 9.78 Å². The fourth-order valence-electron chi connectivity index (χ4n) is 1.75. The molecule has 1 aromatic heterocycles. The second-order valence-corrected chi connectivity index (χ2v) is 5.06. The topological polar surface area (TPSA) is 29.9 Å². The molecule has 0 aliphatic carbocycles. The second-order valence-electron chi connectivity index (χ2n) is 4.21. The Morgan fingerprint density at radius 2 is 2.16 bits per heavy atom. The van der Waals surface area contributed by atoms with Gasteiger partial charge in [0.05, 0.1) is 11.9 Å². The molecule has 0 bridgehead atoms. The van der Waals surface area contributed by atoms with Crippen LogP contribution in [0.5, 0.6) is 0 Å². The highest BCUT2D eigenvalue weighted by atomic mass is 79.9. The summed E-state index contributed by atoms with van der Waals surface area (Å²) in [5.74, 6) is -1.22. The van der Waals surface area contributed by atoms with Gasteiger partial charge in [-0.15, -0.1) is 0 Å². The van der Waals surface area contributed by atoms with Gasteiger partial charge in [-0.1, -0.05) is 6.92 Å². The summed E-state index contributed by atoms with van der Waals surface area (Å²) in [5.41, 5.74) is 1.20. The van der Waals surface area contributed by atoms with Crippen LogP contribution >= 0.6 is 15.9 Å². The van der Waals surface area contributed by atoms with E-state index in [1.54, 1.807) is 6.20 Å². The SMILES string of the molecule is CCCn1cc(CNc2c(F)cc(F)cc2Br)cn1. The van der Waals surface area contributed by atoms with Crippen molar-refractivity contribution in [3.05, 3.63) is 46.2 Å². The average molecular weight is 330 g/mol. The molecule has 0 unspecified atom stereocenters. The lowest BCUT2D eigenvalue weighted by Gasteiger charge is -2.08. The first kappa shape index (κ1) is 14.0. The summed E-state index contributed by atoms with van der Waals surface area (Å²) in [7, 11) is 0. The quantitative estimate of drug-likeness (QED) is 0.900. The molecule has 0 aliphatic rings. The van der Waals surface area contributed by atoms with Gasteiger partial charge in [-0.2, -0.15) is 5.10 Å². The Balaban J connectivity index is 2.05. The summed E-state index contributed by atoms with van der Waals surface area (Å²) < 4.78 is 28.7. The summed E-state index contributed by atoms with van der Waals surface area (Å²) in [5, 5.41) is 7.13. The minimum Gasteiger partial charge on any atom is -0.378 e. The van der Waals surface area contributed by atoms with Gasteiger partial charge < -0.3 is 5.32 Å². The molecular formula is C13H14BrF2N3. The van der Waals surface area contributed by atoms with Crippen LogP contribution in [0.4, 0.5) is 14.5 Å². The molecule has 0 amide bonds. The molecule has 6 heteroatoms. The molecule has 2 aromatic rings. The number of nitrogens with one attached hydrogen (secondary N) is 1. The van der Waals surface area contributed by atoms with Crippen LogP contribution in [0.15, 0.2) is 29.0 Å². The van der Waals surface area contributed by atoms with E-state index in [0.717, 1.165) is 24.6 Å². The van der Waals surface area contributed by atoms with Crippen molar-refractivity contribution in [2.45, 2.75) is 26.4 Å². The van der Waals surface area contributed by atoms with Crippen molar-refractivity contribution >= 4 is 21.6 Å². The molecule has 0 saturated carbocycles. The normalized spacial score (nSPS) is 10.7. The highest BCUT2D eigenvalue weighted by Crippen LogP contribution is 2.27. The van der Waals surface area contributed by atoms with Gasteiger partial charge in [0, 0.05) is 35.4 Å². The van der Waals surface area contributed by atoms with E-state index in [4.69, 9.17) is 0 Å². The number of aromatic nitrogens is 2. The van der Waals surface area contributed by atoms with Crippen LogP contribution in [0, 0.1) is 11.6 Å². The third-order valence-corrected chi connectivity index (χ3v) is 3.24. The van der Waals surface area contributed by atoms with E-state index in [0.29, 0.717) is 11.0 Å². The smallest absolute Gasteiger partial charge is 0.150 e. The fraction of sp³-hybridized carbons (Fsp3) is 0.308. The van der Waals surface area contributed by atoms with Crippen LogP contribution in [0.2, 0.25) is 0 Å². The number of aryl methyl sites for hydroxylation is 1. The third-order valence-electron chi connectivity index (χ3n) is 2.62. The van der Waals surface area contributed by atoms with Gasteiger partial charge in [-0.05, 0) is 28.4 Å². The van der Waals surface area contributed by atoms with Gasteiger partial charge in [0.2, 0.25) is 0 Å².